The summed E-state index contributed by atoms with van der Waals surface area (Å²) in [5.41, 5.74) is 2.31. The molecule has 0 saturated carbocycles. The molecule has 0 aliphatic heterocycles. The van der Waals surface area contributed by atoms with Crippen molar-refractivity contribution in [2.75, 3.05) is 5.32 Å². The van der Waals surface area contributed by atoms with E-state index in [-0.39, 0.29) is 5.91 Å². The topological polar surface area (TPSA) is 42.0 Å². The summed E-state index contributed by atoms with van der Waals surface area (Å²) in [4.78, 5) is 16.1. The van der Waals surface area contributed by atoms with Crippen LogP contribution in [-0.4, -0.2) is 10.9 Å². The zero-order chi connectivity index (χ0) is 13.1. The third-order valence-electron chi connectivity index (χ3n) is 2.38. The van der Waals surface area contributed by atoms with Crippen LogP contribution in [0.3, 0.4) is 0 Å². The van der Waals surface area contributed by atoms with Crippen molar-refractivity contribution in [2.45, 2.75) is 6.92 Å². The summed E-state index contributed by atoms with van der Waals surface area (Å²) in [6.45, 7) is 1.93. The lowest BCUT2D eigenvalue weighted by molar-refractivity contribution is 0.102. The van der Waals surface area contributed by atoms with Crippen LogP contribution in [0.5, 0.6) is 0 Å². The smallest absolute Gasteiger partial charge is 0.255 e. The third kappa shape index (κ3) is 3.29. The summed E-state index contributed by atoms with van der Waals surface area (Å²) in [6.07, 6.45) is 1.63. The lowest BCUT2D eigenvalue weighted by Gasteiger charge is -2.06. The highest BCUT2D eigenvalue weighted by atomic mass is 127. The zero-order valence-corrected chi connectivity index (χ0v) is 13.3. The van der Waals surface area contributed by atoms with Gasteiger partial charge in [0.2, 0.25) is 0 Å². The second kappa shape index (κ2) is 5.79. The maximum absolute atomic E-state index is 12.0. The molecule has 0 aliphatic carbocycles. The Morgan fingerprint density at radius 2 is 2.00 bits per heavy atom. The average molecular weight is 417 g/mol. The van der Waals surface area contributed by atoms with Crippen LogP contribution in [0, 0.1) is 10.5 Å². The third-order valence-corrected chi connectivity index (χ3v) is 3.93. The summed E-state index contributed by atoms with van der Waals surface area (Å²) in [5, 5.41) is 2.82. The number of anilines is 1. The van der Waals surface area contributed by atoms with Crippen LogP contribution in [0.25, 0.3) is 0 Å². The molecule has 92 valence electrons. The minimum atomic E-state index is -0.130. The van der Waals surface area contributed by atoms with Crippen molar-refractivity contribution in [3.8, 4) is 0 Å². The molecule has 2 aromatic rings. The van der Waals surface area contributed by atoms with Gasteiger partial charge in [0.25, 0.3) is 5.91 Å². The van der Waals surface area contributed by atoms with E-state index >= 15 is 0 Å². The molecule has 1 aromatic carbocycles. The van der Waals surface area contributed by atoms with Gasteiger partial charge >= 0.3 is 0 Å². The minimum Gasteiger partial charge on any atom is -0.321 e. The number of rotatable bonds is 2. The van der Waals surface area contributed by atoms with E-state index in [0.717, 1.165) is 13.7 Å². The second-order valence-corrected chi connectivity index (χ2v) is 5.79. The first-order valence-corrected chi connectivity index (χ1v) is 7.12. The van der Waals surface area contributed by atoms with Gasteiger partial charge in [0.05, 0.1) is 11.9 Å². The highest BCUT2D eigenvalue weighted by Gasteiger charge is 2.06. The van der Waals surface area contributed by atoms with Gasteiger partial charge in [-0.25, -0.2) is 4.98 Å². The van der Waals surface area contributed by atoms with Crippen molar-refractivity contribution in [2.24, 2.45) is 0 Å². The Balaban J connectivity index is 2.16. The van der Waals surface area contributed by atoms with Crippen molar-refractivity contribution in [3.63, 3.8) is 0 Å². The first-order chi connectivity index (χ1) is 8.56. The number of aryl methyl sites for hydroxylation is 1. The fourth-order valence-corrected chi connectivity index (χ4v) is 2.01. The molecule has 0 bridgehead atoms. The Labute approximate surface area is 127 Å². The largest absolute Gasteiger partial charge is 0.321 e. The van der Waals surface area contributed by atoms with E-state index in [0.29, 0.717) is 11.3 Å². The number of halogens is 2. The lowest BCUT2D eigenvalue weighted by Crippen LogP contribution is -2.12. The molecule has 0 fully saturated rings. The molecule has 1 amide bonds. The molecule has 0 atom stereocenters. The molecule has 1 heterocycles. The number of hydrogen-bond donors (Lipinski definition) is 1. The lowest BCUT2D eigenvalue weighted by atomic mass is 10.2. The van der Waals surface area contributed by atoms with Crippen LogP contribution in [0.4, 0.5) is 5.69 Å². The van der Waals surface area contributed by atoms with Crippen molar-refractivity contribution >= 4 is 50.1 Å². The normalized spacial score (nSPS) is 10.2. The van der Waals surface area contributed by atoms with E-state index in [2.05, 4.69) is 48.8 Å². The quantitative estimate of drug-likeness (QED) is 0.593. The Kier molecular flexibility index (Phi) is 4.34. The summed E-state index contributed by atoms with van der Waals surface area (Å²) in [5.74, 6) is -0.130. The van der Waals surface area contributed by atoms with Gasteiger partial charge in [0.15, 0.2) is 0 Å². The van der Waals surface area contributed by atoms with Gasteiger partial charge in [0.1, 0.15) is 4.60 Å². The molecule has 5 heteroatoms. The number of nitrogens with one attached hydrogen (secondary N) is 1. The average Bonchev–Trinajstić information content (AvgIpc) is 2.34. The van der Waals surface area contributed by atoms with E-state index in [9.17, 15) is 4.79 Å². The number of nitrogens with zero attached hydrogens (tertiary/aromatic N) is 1. The maximum atomic E-state index is 12.0. The fourth-order valence-electron chi connectivity index (χ4n) is 1.43. The highest BCUT2D eigenvalue weighted by molar-refractivity contribution is 14.1. The van der Waals surface area contributed by atoms with Crippen molar-refractivity contribution in [3.05, 3.63) is 55.8 Å². The fraction of sp³-hybridized carbons (Fsp3) is 0.0769. The standard InChI is InChI=1S/C13H10BrIN2O/c1-8-6-11(7-16-12(8)14)17-13(18)9-2-4-10(15)5-3-9/h2-7H,1H3,(H,17,18). The van der Waals surface area contributed by atoms with Gasteiger partial charge in [-0.2, -0.15) is 0 Å². The number of carbonyl (C=O) groups excluding carboxylic acids is 1. The SMILES string of the molecule is Cc1cc(NC(=O)c2ccc(I)cc2)cnc1Br. The molecular formula is C13H10BrIN2O. The van der Waals surface area contributed by atoms with Crippen LogP contribution in [0.15, 0.2) is 41.1 Å². The van der Waals surface area contributed by atoms with Crippen molar-refractivity contribution in [1.29, 1.82) is 0 Å². The highest BCUT2D eigenvalue weighted by Crippen LogP contribution is 2.17. The Hall–Kier alpha value is -0.950. The predicted molar refractivity (Wildman–Crippen MR) is 83.8 cm³/mol. The van der Waals surface area contributed by atoms with Crippen LogP contribution in [-0.2, 0) is 0 Å². The van der Waals surface area contributed by atoms with Crippen molar-refractivity contribution in [1.82, 2.24) is 4.98 Å². The number of benzene rings is 1. The molecule has 0 aliphatic rings. The Morgan fingerprint density at radius 3 is 2.61 bits per heavy atom. The number of pyridine rings is 1. The molecular weight excluding hydrogens is 407 g/mol. The second-order valence-electron chi connectivity index (χ2n) is 3.79. The molecule has 3 nitrogen and oxygen atoms in total. The first kappa shape index (κ1) is 13.5. The van der Waals surface area contributed by atoms with Crippen molar-refractivity contribution < 1.29 is 4.79 Å². The predicted octanol–water partition coefficient (Wildman–Crippen LogP) is 4.01. The number of amides is 1. The molecule has 0 radical (unpaired) electrons. The maximum Gasteiger partial charge on any atom is 0.255 e. The summed E-state index contributed by atoms with van der Waals surface area (Å²) >= 11 is 5.53. The Bertz CT molecular complexity index is 584. The van der Waals surface area contributed by atoms with Crippen LogP contribution < -0.4 is 5.32 Å². The monoisotopic (exact) mass is 416 g/mol. The van der Waals surface area contributed by atoms with E-state index in [1.807, 2.05) is 25.1 Å². The minimum absolute atomic E-state index is 0.130. The van der Waals surface area contributed by atoms with Gasteiger partial charge in [0, 0.05) is 9.13 Å². The van der Waals surface area contributed by atoms with Crippen LogP contribution in [0.1, 0.15) is 15.9 Å². The number of carbonyl (C=O) groups is 1. The molecule has 0 spiro atoms. The van der Waals surface area contributed by atoms with E-state index in [1.165, 1.54) is 0 Å². The zero-order valence-electron chi connectivity index (χ0n) is 9.58. The molecule has 1 N–H and O–H groups in total. The van der Waals surface area contributed by atoms with E-state index < -0.39 is 0 Å². The molecule has 0 unspecified atom stereocenters. The van der Waals surface area contributed by atoms with Gasteiger partial charge in [-0.3, -0.25) is 4.79 Å². The summed E-state index contributed by atoms with van der Waals surface area (Å²) in [6, 6.07) is 9.29. The van der Waals surface area contributed by atoms with Gasteiger partial charge in [-0.1, -0.05) is 0 Å². The molecule has 1 aromatic heterocycles. The molecule has 18 heavy (non-hydrogen) atoms. The van der Waals surface area contributed by atoms with Gasteiger partial charge in [-0.05, 0) is 81.3 Å². The van der Waals surface area contributed by atoms with Gasteiger partial charge < -0.3 is 5.32 Å². The summed E-state index contributed by atoms with van der Waals surface area (Å²) < 4.78 is 1.89. The molecule has 2 rings (SSSR count). The van der Waals surface area contributed by atoms with Gasteiger partial charge in [-0.15, -0.1) is 0 Å². The molecule has 0 saturated heterocycles. The van der Waals surface area contributed by atoms with Crippen LogP contribution in [0.2, 0.25) is 0 Å². The first-order valence-electron chi connectivity index (χ1n) is 5.25. The Morgan fingerprint density at radius 1 is 1.33 bits per heavy atom. The number of hydrogen-bond acceptors (Lipinski definition) is 2. The van der Waals surface area contributed by atoms with E-state index in [1.54, 1.807) is 18.3 Å². The van der Waals surface area contributed by atoms with Crippen LogP contribution >= 0.6 is 38.5 Å². The summed E-state index contributed by atoms with van der Waals surface area (Å²) in [7, 11) is 0. The number of aromatic nitrogens is 1. The van der Waals surface area contributed by atoms with E-state index in [4.69, 9.17) is 0 Å².